The normalized spacial score (nSPS) is 12.9. The molecule has 3 rings (SSSR count). The molecule has 152 valence electrons. The van der Waals surface area contributed by atoms with Crippen molar-refractivity contribution in [3.05, 3.63) is 76.8 Å². The molecule has 0 fully saturated rings. The molecule has 0 aliphatic carbocycles. The van der Waals surface area contributed by atoms with Crippen LogP contribution in [0, 0.1) is 0 Å². The van der Waals surface area contributed by atoms with Gasteiger partial charge in [-0.15, -0.1) is 0 Å². The lowest BCUT2D eigenvalue weighted by atomic mass is 9.99. The van der Waals surface area contributed by atoms with Crippen molar-refractivity contribution in [3.8, 4) is 0 Å². The van der Waals surface area contributed by atoms with Crippen LogP contribution in [0.5, 0.6) is 0 Å². The molecule has 0 bridgehead atoms. The first kappa shape index (κ1) is 21.3. The Bertz CT molecular complexity index is 1150. The van der Waals surface area contributed by atoms with Crippen LogP contribution in [0.3, 0.4) is 0 Å². The minimum Gasteiger partial charge on any atom is -0.345 e. The van der Waals surface area contributed by atoms with Gasteiger partial charge >= 0.3 is 0 Å². The smallest absolute Gasteiger partial charge is 0.253 e. The Morgan fingerprint density at radius 2 is 1.66 bits per heavy atom. The van der Waals surface area contributed by atoms with Gasteiger partial charge < -0.3 is 5.32 Å². The van der Waals surface area contributed by atoms with Crippen LogP contribution in [0.1, 0.15) is 42.7 Å². The summed E-state index contributed by atoms with van der Waals surface area (Å²) in [6, 6.07) is 17.4. The fraction of sp³-hybridized carbons (Fsp3) is 0.227. The van der Waals surface area contributed by atoms with Crippen molar-refractivity contribution >= 4 is 38.3 Å². The van der Waals surface area contributed by atoms with Crippen molar-refractivity contribution in [1.82, 2.24) is 10.0 Å². The molecule has 7 heteroatoms. The van der Waals surface area contributed by atoms with Crippen LogP contribution in [-0.4, -0.2) is 20.4 Å². The number of fused-ring (bicyclic) bond motifs is 1. The first-order valence-corrected chi connectivity index (χ1v) is 11.2. The number of amides is 1. The highest BCUT2D eigenvalue weighted by atomic mass is 35.5. The summed E-state index contributed by atoms with van der Waals surface area (Å²) in [6.45, 7) is 5.34. The topological polar surface area (TPSA) is 75.3 Å². The van der Waals surface area contributed by atoms with Gasteiger partial charge in [0.1, 0.15) is 0 Å². The highest BCUT2D eigenvalue weighted by Gasteiger charge is 2.21. The molecule has 2 N–H and O–H groups in total. The molecular formula is C22H23ClN2O3S. The van der Waals surface area contributed by atoms with E-state index in [1.54, 1.807) is 13.8 Å². The summed E-state index contributed by atoms with van der Waals surface area (Å²) in [5.74, 6) is -0.433. The summed E-state index contributed by atoms with van der Waals surface area (Å²) in [6.07, 6.45) is 0. The highest BCUT2D eigenvalue weighted by Crippen LogP contribution is 2.26. The average molecular weight is 431 g/mol. The maximum absolute atomic E-state index is 12.9. The number of rotatable bonds is 6. The zero-order valence-electron chi connectivity index (χ0n) is 16.4. The summed E-state index contributed by atoms with van der Waals surface area (Å²) in [4.78, 5) is 12.9. The van der Waals surface area contributed by atoms with Gasteiger partial charge in [0, 0.05) is 6.04 Å². The number of carbonyl (C=O) groups excluding carboxylic acids is 1. The summed E-state index contributed by atoms with van der Waals surface area (Å²) < 4.78 is 27.4. The SMILES string of the molecule is CC(C)NS(=O)(=O)c1ccc(Cl)c(C(=O)NC(C)c2cccc3ccccc23)c1. The largest absolute Gasteiger partial charge is 0.345 e. The average Bonchev–Trinajstić information content (AvgIpc) is 2.66. The lowest BCUT2D eigenvalue weighted by Gasteiger charge is -2.18. The zero-order chi connectivity index (χ0) is 21.2. The minimum atomic E-state index is -3.73. The first-order chi connectivity index (χ1) is 13.7. The number of carbonyl (C=O) groups is 1. The van der Waals surface area contributed by atoms with Crippen molar-refractivity contribution in [2.75, 3.05) is 0 Å². The second-order valence-corrected chi connectivity index (χ2v) is 9.30. The summed E-state index contributed by atoms with van der Waals surface area (Å²) >= 11 is 6.20. The van der Waals surface area contributed by atoms with Crippen LogP contribution in [0.15, 0.2) is 65.6 Å². The Morgan fingerprint density at radius 1 is 0.966 bits per heavy atom. The Kier molecular flexibility index (Phi) is 6.27. The monoisotopic (exact) mass is 430 g/mol. The van der Waals surface area contributed by atoms with Crippen LogP contribution in [-0.2, 0) is 10.0 Å². The highest BCUT2D eigenvalue weighted by molar-refractivity contribution is 7.89. The lowest BCUT2D eigenvalue weighted by Crippen LogP contribution is -2.31. The number of benzene rings is 3. The van der Waals surface area contributed by atoms with Gasteiger partial charge in [-0.2, -0.15) is 0 Å². The van der Waals surface area contributed by atoms with E-state index in [0.717, 1.165) is 16.3 Å². The molecule has 1 atom stereocenters. The molecule has 0 heterocycles. The second-order valence-electron chi connectivity index (χ2n) is 7.18. The fourth-order valence-electron chi connectivity index (χ4n) is 3.20. The Morgan fingerprint density at radius 3 is 2.38 bits per heavy atom. The molecule has 0 saturated carbocycles. The quantitative estimate of drug-likeness (QED) is 0.596. The van der Waals surface area contributed by atoms with E-state index in [4.69, 9.17) is 11.6 Å². The zero-order valence-corrected chi connectivity index (χ0v) is 18.0. The van der Waals surface area contributed by atoms with Crippen LogP contribution >= 0.6 is 11.6 Å². The molecule has 3 aromatic carbocycles. The first-order valence-electron chi connectivity index (χ1n) is 9.29. The fourth-order valence-corrected chi connectivity index (χ4v) is 4.68. The van der Waals surface area contributed by atoms with Gasteiger partial charge in [-0.25, -0.2) is 13.1 Å². The lowest BCUT2D eigenvalue weighted by molar-refractivity contribution is 0.0940. The van der Waals surface area contributed by atoms with Crippen LogP contribution in [0.25, 0.3) is 10.8 Å². The Hall–Kier alpha value is -2.41. The van der Waals surface area contributed by atoms with Crippen LogP contribution in [0.4, 0.5) is 0 Å². The van der Waals surface area contributed by atoms with E-state index in [1.807, 2.05) is 49.4 Å². The van der Waals surface area contributed by atoms with E-state index in [0.29, 0.717) is 0 Å². The third-order valence-corrected chi connectivity index (χ3v) is 6.51. The van der Waals surface area contributed by atoms with Gasteiger partial charge in [-0.3, -0.25) is 4.79 Å². The Labute approximate surface area is 176 Å². The summed E-state index contributed by atoms with van der Waals surface area (Å²) in [5.41, 5.74) is 1.09. The van der Waals surface area contributed by atoms with Crippen LogP contribution < -0.4 is 10.0 Å². The number of hydrogen-bond donors (Lipinski definition) is 2. The van der Waals surface area contributed by atoms with E-state index in [2.05, 4.69) is 10.0 Å². The van der Waals surface area contributed by atoms with Gasteiger partial charge in [-0.1, -0.05) is 54.1 Å². The van der Waals surface area contributed by atoms with Crippen LogP contribution in [0.2, 0.25) is 5.02 Å². The molecule has 29 heavy (non-hydrogen) atoms. The van der Waals surface area contributed by atoms with Crippen molar-refractivity contribution in [3.63, 3.8) is 0 Å². The van der Waals surface area contributed by atoms with Crippen molar-refractivity contribution in [1.29, 1.82) is 0 Å². The second kappa shape index (κ2) is 8.53. The molecule has 0 aliphatic heterocycles. The predicted molar refractivity (Wildman–Crippen MR) is 117 cm³/mol. The third kappa shape index (κ3) is 4.78. The van der Waals surface area contributed by atoms with E-state index in [1.165, 1.54) is 18.2 Å². The number of hydrogen-bond acceptors (Lipinski definition) is 3. The molecule has 1 unspecified atom stereocenters. The molecule has 5 nitrogen and oxygen atoms in total. The van der Waals surface area contributed by atoms with E-state index in [9.17, 15) is 13.2 Å². The van der Waals surface area contributed by atoms with Crippen molar-refractivity contribution in [2.45, 2.75) is 37.8 Å². The number of nitrogens with one attached hydrogen (secondary N) is 2. The molecule has 1 amide bonds. The van der Waals surface area contributed by atoms with Crippen molar-refractivity contribution in [2.24, 2.45) is 0 Å². The molecule has 0 aliphatic rings. The molecule has 0 spiro atoms. The minimum absolute atomic E-state index is 0.00133. The maximum Gasteiger partial charge on any atom is 0.253 e. The van der Waals surface area contributed by atoms with E-state index >= 15 is 0 Å². The van der Waals surface area contributed by atoms with E-state index in [-0.39, 0.29) is 27.6 Å². The number of sulfonamides is 1. The van der Waals surface area contributed by atoms with Gasteiger partial charge in [-0.05, 0) is 55.3 Å². The maximum atomic E-state index is 12.9. The Balaban J connectivity index is 1.90. The number of halogens is 1. The van der Waals surface area contributed by atoms with Crippen molar-refractivity contribution < 1.29 is 13.2 Å². The third-order valence-electron chi connectivity index (χ3n) is 4.52. The van der Waals surface area contributed by atoms with Gasteiger partial charge in [0.05, 0.1) is 21.5 Å². The summed E-state index contributed by atoms with van der Waals surface area (Å²) in [5, 5.41) is 5.25. The standard InChI is InChI=1S/C22H23ClN2O3S/c1-14(2)25-29(27,28)17-11-12-21(23)20(13-17)22(26)24-15(3)18-10-6-8-16-7-4-5-9-19(16)18/h4-15,25H,1-3H3,(H,24,26). The van der Waals surface area contributed by atoms with Gasteiger partial charge in [0.2, 0.25) is 10.0 Å². The molecule has 0 aromatic heterocycles. The molecular weight excluding hydrogens is 408 g/mol. The predicted octanol–water partition coefficient (Wildman–Crippen LogP) is 4.67. The van der Waals surface area contributed by atoms with Gasteiger partial charge in [0.15, 0.2) is 0 Å². The molecule has 3 aromatic rings. The molecule has 0 saturated heterocycles. The van der Waals surface area contributed by atoms with E-state index < -0.39 is 15.9 Å². The molecule has 0 radical (unpaired) electrons. The van der Waals surface area contributed by atoms with Gasteiger partial charge in [0.25, 0.3) is 5.91 Å². The summed E-state index contributed by atoms with van der Waals surface area (Å²) in [7, 11) is -3.73.